The van der Waals surface area contributed by atoms with E-state index in [1.807, 2.05) is 20.8 Å². The molecule has 0 aliphatic carbocycles. The molecule has 25 heavy (non-hydrogen) atoms. The summed E-state index contributed by atoms with van der Waals surface area (Å²) in [4.78, 5) is 24.9. The summed E-state index contributed by atoms with van der Waals surface area (Å²) in [5.41, 5.74) is 0.254. The Morgan fingerprint density at radius 1 is 1.16 bits per heavy atom. The van der Waals surface area contributed by atoms with Crippen LogP contribution in [0.3, 0.4) is 0 Å². The van der Waals surface area contributed by atoms with E-state index >= 15 is 0 Å². The van der Waals surface area contributed by atoms with E-state index in [4.69, 9.17) is 5.11 Å². The van der Waals surface area contributed by atoms with Crippen LogP contribution in [0.4, 0.5) is 0 Å². The molecule has 2 N–H and O–H groups in total. The zero-order valence-electron chi connectivity index (χ0n) is 15.0. The maximum absolute atomic E-state index is 12.6. The normalized spacial score (nSPS) is 12.8. The Morgan fingerprint density at radius 2 is 1.72 bits per heavy atom. The third-order valence-electron chi connectivity index (χ3n) is 3.78. The molecule has 0 saturated heterocycles. The Hall–Kier alpha value is -1.93. The van der Waals surface area contributed by atoms with Crippen LogP contribution in [-0.2, 0) is 14.8 Å². The van der Waals surface area contributed by atoms with Crippen molar-refractivity contribution in [1.82, 2.24) is 9.62 Å². The van der Waals surface area contributed by atoms with E-state index < -0.39 is 28.4 Å². The average molecular weight is 370 g/mol. The standard InChI is InChI=1S/C17H26N2O5S/c1-5-13(4)19(11-16(20)21)17(22)14-6-8-15(9-7-14)25(23,24)18-10-12(2)3/h6-9,12-13,18H,5,10-11H2,1-4H3,(H,20,21). The molecule has 1 amide bonds. The summed E-state index contributed by atoms with van der Waals surface area (Å²) in [6.07, 6.45) is 0.616. The van der Waals surface area contributed by atoms with Gasteiger partial charge in [-0.05, 0) is 43.5 Å². The number of amides is 1. The predicted molar refractivity (Wildman–Crippen MR) is 94.9 cm³/mol. The number of benzene rings is 1. The molecular formula is C17H26N2O5S. The van der Waals surface area contributed by atoms with Crippen molar-refractivity contribution in [2.24, 2.45) is 5.92 Å². The molecule has 1 rings (SSSR count). The molecule has 0 saturated carbocycles. The molecule has 1 aromatic rings. The SMILES string of the molecule is CCC(C)N(CC(=O)O)C(=O)c1ccc(S(=O)(=O)NCC(C)C)cc1. The Labute approximate surface area is 149 Å². The predicted octanol–water partition coefficient (Wildman–Crippen LogP) is 1.95. The minimum absolute atomic E-state index is 0.0676. The molecule has 1 aromatic carbocycles. The average Bonchev–Trinajstić information content (AvgIpc) is 2.56. The molecule has 140 valence electrons. The number of nitrogens with one attached hydrogen (secondary N) is 1. The number of hydrogen-bond acceptors (Lipinski definition) is 4. The van der Waals surface area contributed by atoms with Gasteiger partial charge in [-0.2, -0.15) is 0 Å². The number of carbonyl (C=O) groups excluding carboxylic acids is 1. The molecule has 0 spiro atoms. The highest BCUT2D eigenvalue weighted by Crippen LogP contribution is 2.15. The lowest BCUT2D eigenvalue weighted by atomic mass is 10.1. The largest absolute Gasteiger partial charge is 0.480 e. The summed E-state index contributed by atoms with van der Waals surface area (Å²) in [6, 6.07) is 5.28. The molecule has 8 heteroatoms. The van der Waals surface area contributed by atoms with Gasteiger partial charge in [-0.15, -0.1) is 0 Å². The topological polar surface area (TPSA) is 104 Å². The molecular weight excluding hydrogens is 344 g/mol. The quantitative estimate of drug-likeness (QED) is 0.691. The zero-order valence-corrected chi connectivity index (χ0v) is 15.8. The molecule has 1 atom stereocenters. The Balaban J connectivity index is 3.00. The third kappa shape index (κ3) is 6.13. The number of carbonyl (C=O) groups is 2. The van der Waals surface area contributed by atoms with E-state index in [1.54, 1.807) is 6.92 Å². The first-order valence-electron chi connectivity index (χ1n) is 8.21. The van der Waals surface area contributed by atoms with Crippen molar-refractivity contribution < 1.29 is 23.1 Å². The van der Waals surface area contributed by atoms with Gasteiger partial charge >= 0.3 is 5.97 Å². The first kappa shape index (κ1) is 21.1. The molecule has 0 radical (unpaired) electrons. The van der Waals surface area contributed by atoms with Crippen LogP contribution in [0.1, 0.15) is 44.5 Å². The van der Waals surface area contributed by atoms with Crippen LogP contribution in [0.5, 0.6) is 0 Å². The van der Waals surface area contributed by atoms with E-state index in [0.29, 0.717) is 13.0 Å². The third-order valence-corrected chi connectivity index (χ3v) is 5.22. The number of rotatable bonds is 9. The van der Waals surface area contributed by atoms with Crippen LogP contribution in [0.15, 0.2) is 29.2 Å². The molecule has 0 aliphatic rings. The number of hydrogen-bond donors (Lipinski definition) is 2. The first-order chi connectivity index (χ1) is 11.6. The number of nitrogens with zero attached hydrogens (tertiary/aromatic N) is 1. The lowest BCUT2D eigenvalue weighted by Gasteiger charge is -2.27. The van der Waals surface area contributed by atoms with Gasteiger partial charge in [0.15, 0.2) is 0 Å². The van der Waals surface area contributed by atoms with Gasteiger partial charge in [0.1, 0.15) is 6.54 Å². The Bertz CT molecular complexity index is 698. The van der Waals surface area contributed by atoms with Gasteiger partial charge in [-0.25, -0.2) is 13.1 Å². The maximum Gasteiger partial charge on any atom is 0.323 e. The molecule has 0 aliphatic heterocycles. The van der Waals surface area contributed by atoms with Crippen LogP contribution < -0.4 is 4.72 Å². The highest BCUT2D eigenvalue weighted by Gasteiger charge is 2.23. The fraction of sp³-hybridized carbons (Fsp3) is 0.529. The van der Waals surface area contributed by atoms with Crippen molar-refractivity contribution in [2.45, 2.75) is 45.1 Å². The molecule has 7 nitrogen and oxygen atoms in total. The number of carboxylic acid groups (broad SMARTS) is 1. The second-order valence-corrected chi connectivity index (χ2v) is 8.12. The maximum atomic E-state index is 12.6. The van der Waals surface area contributed by atoms with E-state index in [-0.39, 0.29) is 22.4 Å². The molecule has 0 fully saturated rings. The van der Waals surface area contributed by atoms with Crippen LogP contribution in [0.2, 0.25) is 0 Å². The van der Waals surface area contributed by atoms with Gasteiger partial charge in [0.05, 0.1) is 4.90 Å². The van der Waals surface area contributed by atoms with Gasteiger partial charge in [-0.1, -0.05) is 20.8 Å². The van der Waals surface area contributed by atoms with Crippen molar-refractivity contribution in [3.63, 3.8) is 0 Å². The summed E-state index contributed by atoms with van der Waals surface area (Å²) in [5, 5.41) is 9.00. The van der Waals surface area contributed by atoms with Gasteiger partial charge in [-0.3, -0.25) is 9.59 Å². The zero-order chi connectivity index (χ0) is 19.2. The molecule has 0 heterocycles. The number of carboxylic acids is 1. The Morgan fingerprint density at radius 3 is 2.16 bits per heavy atom. The van der Waals surface area contributed by atoms with Crippen LogP contribution in [0, 0.1) is 5.92 Å². The fourth-order valence-electron chi connectivity index (χ4n) is 2.10. The summed E-state index contributed by atoms with van der Waals surface area (Å²) >= 11 is 0. The van der Waals surface area contributed by atoms with Crippen LogP contribution >= 0.6 is 0 Å². The summed E-state index contributed by atoms with van der Waals surface area (Å²) in [7, 11) is -3.63. The minimum atomic E-state index is -3.63. The van der Waals surface area contributed by atoms with E-state index in [9.17, 15) is 18.0 Å². The molecule has 1 unspecified atom stereocenters. The summed E-state index contributed by atoms with van der Waals surface area (Å²) in [6.45, 7) is 7.36. The second kappa shape index (κ2) is 8.96. The van der Waals surface area contributed by atoms with Gasteiger partial charge < -0.3 is 10.0 Å². The van der Waals surface area contributed by atoms with Crippen molar-refractivity contribution in [3.8, 4) is 0 Å². The van der Waals surface area contributed by atoms with Gasteiger partial charge in [0.2, 0.25) is 10.0 Å². The van der Waals surface area contributed by atoms with Crippen molar-refractivity contribution in [3.05, 3.63) is 29.8 Å². The lowest BCUT2D eigenvalue weighted by Crippen LogP contribution is -2.41. The highest BCUT2D eigenvalue weighted by atomic mass is 32.2. The Kier molecular flexibility index (Phi) is 7.57. The molecule has 0 bridgehead atoms. The number of sulfonamides is 1. The minimum Gasteiger partial charge on any atom is -0.480 e. The van der Waals surface area contributed by atoms with Crippen molar-refractivity contribution >= 4 is 21.9 Å². The molecule has 0 aromatic heterocycles. The monoisotopic (exact) mass is 370 g/mol. The smallest absolute Gasteiger partial charge is 0.323 e. The lowest BCUT2D eigenvalue weighted by molar-refractivity contribution is -0.138. The summed E-state index contributed by atoms with van der Waals surface area (Å²) in [5.74, 6) is -1.35. The van der Waals surface area contributed by atoms with Crippen molar-refractivity contribution in [2.75, 3.05) is 13.1 Å². The van der Waals surface area contributed by atoms with E-state index in [2.05, 4.69) is 4.72 Å². The van der Waals surface area contributed by atoms with Gasteiger partial charge in [0, 0.05) is 18.2 Å². The highest BCUT2D eigenvalue weighted by molar-refractivity contribution is 7.89. The van der Waals surface area contributed by atoms with Gasteiger partial charge in [0.25, 0.3) is 5.91 Å². The van der Waals surface area contributed by atoms with Crippen LogP contribution in [0.25, 0.3) is 0 Å². The van der Waals surface area contributed by atoms with E-state index in [0.717, 1.165) is 0 Å². The van der Waals surface area contributed by atoms with Crippen molar-refractivity contribution in [1.29, 1.82) is 0 Å². The van der Waals surface area contributed by atoms with Crippen LogP contribution in [-0.4, -0.2) is 49.4 Å². The van der Waals surface area contributed by atoms with E-state index in [1.165, 1.54) is 29.2 Å². The first-order valence-corrected chi connectivity index (χ1v) is 9.69. The number of aliphatic carboxylic acids is 1. The second-order valence-electron chi connectivity index (χ2n) is 6.35. The fourth-order valence-corrected chi connectivity index (χ4v) is 3.31. The summed E-state index contributed by atoms with van der Waals surface area (Å²) < 4.78 is 26.8.